The largest absolute Gasteiger partial charge is 0.455 e. The standard InChI is InChI=1S/C17H12IN3O3/c18-15-3-1-2-4-16(15)20-19-11-14-9-10-17(24-14)12-5-7-13(8-6-12)21(22)23/h1-11,20H. The average molecular weight is 433 g/mol. The summed E-state index contributed by atoms with van der Waals surface area (Å²) in [6, 6.07) is 17.6. The summed E-state index contributed by atoms with van der Waals surface area (Å²) in [6.45, 7) is 0. The van der Waals surface area contributed by atoms with E-state index in [4.69, 9.17) is 4.42 Å². The molecule has 2 aromatic carbocycles. The van der Waals surface area contributed by atoms with E-state index in [9.17, 15) is 10.1 Å². The lowest BCUT2D eigenvalue weighted by atomic mass is 10.1. The summed E-state index contributed by atoms with van der Waals surface area (Å²) in [5, 5.41) is 14.8. The number of hydrogen-bond acceptors (Lipinski definition) is 5. The molecule has 0 spiro atoms. The van der Waals surface area contributed by atoms with Crippen LogP contribution in [-0.2, 0) is 0 Å². The highest BCUT2D eigenvalue weighted by Crippen LogP contribution is 2.24. The van der Waals surface area contributed by atoms with Crippen LogP contribution in [0.15, 0.2) is 70.2 Å². The molecule has 0 fully saturated rings. The van der Waals surface area contributed by atoms with E-state index in [0.717, 1.165) is 14.8 Å². The van der Waals surface area contributed by atoms with E-state index in [1.807, 2.05) is 24.3 Å². The Morgan fingerprint density at radius 1 is 1.08 bits per heavy atom. The van der Waals surface area contributed by atoms with Crippen molar-refractivity contribution in [3.05, 3.63) is 80.1 Å². The van der Waals surface area contributed by atoms with E-state index in [1.165, 1.54) is 12.1 Å². The molecule has 120 valence electrons. The van der Waals surface area contributed by atoms with E-state index in [1.54, 1.807) is 30.5 Å². The first-order valence-corrected chi connectivity index (χ1v) is 8.09. The lowest BCUT2D eigenvalue weighted by Crippen LogP contribution is -1.91. The van der Waals surface area contributed by atoms with Crippen LogP contribution in [0, 0.1) is 13.7 Å². The SMILES string of the molecule is O=[N+]([O-])c1ccc(-c2ccc(C=NNc3ccccc3I)o2)cc1. The monoisotopic (exact) mass is 433 g/mol. The van der Waals surface area contributed by atoms with Gasteiger partial charge in [-0.2, -0.15) is 5.10 Å². The Kier molecular flexibility index (Phi) is 4.90. The van der Waals surface area contributed by atoms with Crippen molar-refractivity contribution in [2.45, 2.75) is 0 Å². The number of nitro groups is 1. The maximum absolute atomic E-state index is 10.7. The van der Waals surface area contributed by atoms with Gasteiger partial charge in [-0.05, 0) is 59.0 Å². The molecule has 0 unspecified atom stereocenters. The topological polar surface area (TPSA) is 80.7 Å². The van der Waals surface area contributed by atoms with Crippen LogP contribution in [0.1, 0.15) is 5.76 Å². The van der Waals surface area contributed by atoms with Crippen molar-refractivity contribution in [1.82, 2.24) is 0 Å². The second-order valence-corrected chi connectivity index (χ2v) is 6.02. The Balaban J connectivity index is 1.70. The molecule has 0 aliphatic heterocycles. The molecule has 0 aliphatic carbocycles. The Morgan fingerprint density at radius 2 is 1.83 bits per heavy atom. The Hall–Kier alpha value is -2.68. The number of rotatable bonds is 5. The highest BCUT2D eigenvalue weighted by Gasteiger charge is 2.07. The molecular weight excluding hydrogens is 421 g/mol. The number of hydrogen-bond donors (Lipinski definition) is 1. The van der Waals surface area contributed by atoms with Gasteiger partial charge in [0.1, 0.15) is 11.5 Å². The first-order valence-electron chi connectivity index (χ1n) is 7.02. The minimum Gasteiger partial charge on any atom is -0.455 e. The second kappa shape index (κ2) is 7.26. The van der Waals surface area contributed by atoms with E-state index in [-0.39, 0.29) is 5.69 Å². The summed E-state index contributed by atoms with van der Waals surface area (Å²) in [5.74, 6) is 1.21. The molecule has 0 saturated carbocycles. The molecular formula is C17H12IN3O3. The number of nitrogens with zero attached hydrogens (tertiary/aromatic N) is 2. The number of furan rings is 1. The summed E-state index contributed by atoms with van der Waals surface area (Å²) >= 11 is 2.23. The van der Waals surface area contributed by atoms with E-state index < -0.39 is 4.92 Å². The lowest BCUT2D eigenvalue weighted by Gasteiger charge is -2.01. The molecule has 0 bridgehead atoms. The van der Waals surface area contributed by atoms with Gasteiger partial charge < -0.3 is 4.42 Å². The van der Waals surface area contributed by atoms with Crippen molar-refractivity contribution >= 4 is 40.2 Å². The second-order valence-electron chi connectivity index (χ2n) is 4.86. The average Bonchev–Trinajstić information content (AvgIpc) is 3.05. The third-order valence-electron chi connectivity index (χ3n) is 3.24. The number of nitro benzene ring substituents is 1. The Morgan fingerprint density at radius 3 is 2.54 bits per heavy atom. The van der Waals surface area contributed by atoms with Crippen molar-refractivity contribution in [1.29, 1.82) is 0 Å². The van der Waals surface area contributed by atoms with Crippen molar-refractivity contribution in [3.8, 4) is 11.3 Å². The molecule has 0 amide bonds. The van der Waals surface area contributed by atoms with Crippen molar-refractivity contribution < 1.29 is 9.34 Å². The number of para-hydroxylation sites is 1. The van der Waals surface area contributed by atoms with Gasteiger partial charge in [0.15, 0.2) is 0 Å². The van der Waals surface area contributed by atoms with Crippen LogP contribution < -0.4 is 5.43 Å². The molecule has 1 heterocycles. The van der Waals surface area contributed by atoms with Gasteiger partial charge in [-0.1, -0.05) is 12.1 Å². The zero-order chi connectivity index (χ0) is 16.9. The number of nitrogens with one attached hydrogen (secondary N) is 1. The van der Waals surface area contributed by atoms with Gasteiger partial charge in [-0.3, -0.25) is 15.5 Å². The summed E-state index contributed by atoms with van der Waals surface area (Å²) in [7, 11) is 0. The predicted octanol–water partition coefficient (Wildman–Crippen LogP) is 4.91. The number of halogens is 1. The first-order chi connectivity index (χ1) is 11.6. The smallest absolute Gasteiger partial charge is 0.269 e. The fraction of sp³-hybridized carbons (Fsp3) is 0. The third-order valence-corrected chi connectivity index (χ3v) is 4.18. The van der Waals surface area contributed by atoms with Crippen molar-refractivity contribution in [2.75, 3.05) is 5.43 Å². The van der Waals surface area contributed by atoms with Gasteiger partial charge in [0, 0.05) is 21.3 Å². The maximum Gasteiger partial charge on any atom is 0.269 e. The van der Waals surface area contributed by atoms with Gasteiger partial charge in [-0.25, -0.2) is 0 Å². The molecule has 0 radical (unpaired) electrons. The Bertz CT molecular complexity index is 888. The molecule has 24 heavy (non-hydrogen) atoms. The number of hydrazone groups is 1. The van der Waals surface area contributed by atoms with E-state index >= 15 is 0 Å². The van der Waals surface area contributed by atoms with Crippen molar-refractivity contribution in [3.63, 3.8) is 0 Å². The van der Waals surface area contributed by atoms with E-state index in [0.29, 0.717) is 11.5 Å². The van der Waals surface area contributed by atoms with Crippen LogP contribution in [0.2, 0.25) is 0 Å². The number of benzene rings is 2. The minimum absolute atomic E-state index is 0.0498. The van der Waals surface area contributed by atoms with Crippen LogP contribution in [-0.4, -0.2) is 11.1 Å². The summed E-state index contributed by atoms with van der Waals surface area (Å²) in [4.78, 5) is 10.2. The molecule has 3 rings (SSSR count). The van der Waals surface area contributed by atoms with Gasteiger partial charge in [0.25, 0.3) is 5.69 Å². The highest BCUT2D eigenvalue weighted by atomic mass is 127. The fourth-order valence-electron chi connectivity index (χ4n) is 2.04. The minimum atomic E-state index is -0.430. The quantitative estimate of drug-likeness (QED) is 0.269. The number of anilines is 1. The lowest BCUT2D eigenvalue weighted by molar-refractivity contribution is -0.384. The molecule has 0 atom stereocenters. The van der Waals surface area contributed by atoms with Gasteiger partial charge in [-0.15, -0.1) is 0 Å². The van der Waals surface area contributed by atoms with Crippen LogP contribution in [0.3, 0.4) is 0 Å². The van der Waals surface area contributed by atoms with E-state index in [2.05, 4.69) is 33.1 Å². The Labute approximate surface area is 151 Å². The third kappa shape index (κ3) is 3.80. The van der Waals surface area contributed by atoms with Crippen LogP contribution in [0.25, 0.3) is 11.3 Å². The van der Waals surface area contributed by atoms with Crippen LogP contribution in [0.4, 0.5) is 11.4 Å². The van der Waals surface area contributed by atoms with Crippen LogP contribution in [0.5, 0.6) is 0 Å². The molecule has 6 nitrogen and oxygen atoms in total. The molecule has 7 heteroatoms. The molecule has 0 aliphatic rings. The van der Waals surface area contributed by atoms with Gasteiger partial charge in [0.2, 0.25) is 0 Å². The number of non-ortho nitro benzene ring substituents is 1. The molecule has 1 aromatic heterocycles. The zero-order valence-electron chi connectivity index (χ0n) is 12.3. The predicted molar refractivity (Wildman–Crippen MR) is 101 cm³/mol. The van der Waals surface area contributed by atoms with Crippen LogP contribution >= 0.6 is 22.6 Å². The molecule has 1 N–H and O–H groups in total. The fourth-order valence-corrected chi connectivity index (χ4v) is 2.55. The zero-order valence-corrected chi connectivity index (χ0v) is 14.5. The van der Waals surface area contributed by atoms with Gasteiger partial charge in [0.05, 0.1) is 16.8 Å². The highest BCUT2D eigenvalue weighted by molar-refractivity contribution is 14.1. The summed E-state index contributed by atoms with van der Waals surface area (Å²) in [5.41, 5.74) is 4.69. The summed E-state index contributed by atoms with van der Waals surface area (Å²) < 4.78 is 6.75. The molecule has 0 saturated heterocycles. The molecule has 3 aromatic rings. The normalized spacial score (nSPS) is 10.9. The summed E-state index contributed by atoms with van der Waals surface area (Å²) in [6.07, 6.45) is 1.58. The van der Waals surface area contributed by atoms with Crippen molar-refractivity contribution in [2.24, 2.45) is 5.10 Å². The van der Waals surface area contributed by atoms with Gasteiger partial charge >= 0.3 is 0 Å². The maximum atomic E-state index is 10.7. The first kappa shape index (κ1) is 16.2.